The summed E-state index contributed by atoms with van der Waals surface area (Å²) in [4.78, 5) is 21.0. The van der Waals surface area contributed by atoms with Gasteiger partial charge in [0.2, 0.25) is 5.91 Å². The molecule has 0 fully saturated rings. The van der Waals surface area contributed by atoms with Gasteiger partial charge in [0.25, 0.3) is 0 Å². The van der Waals surface area contributed by atoms with E-state index in [0.717, 1.165) is 17.8 Å². The maximum Gasteiger partial charge on any atom is 0.342 e. The minimum atomic E-state index is -1.08. The van der Waals surface area contributed by atoms with E-state index in [0.29, 0.717) is 0 Å². The topological polar surface area (TPSA) is 66.4 Å². The zero-order valence-corrected chi connectivity index (χ0v) is 7.07. The summed E-state index contributed by atoms with van der Waals surface area (Å²) in [5, 5.41) is 10.7. The molecule has 0 aliphatic heterocycles. The molecule has 0 aromatic rings. The summed E-state index contributed by atoms with van der Waals surface area (Å²) in [6, 6.07) is 0. The lowest BCUT2D eigenvalue weighted by atomic mass is 10.5. The molecule has 0 saturated heterocycles. The van der Waals surface area contributed by atoms with Crippen LogP contribution in [0.1, 0.15) is 0 Å². The minimum absolute atomic E-state index is 0.0318. The minimum Gasteiger partial charge on any atom is -0.477 e. The van der Waals surface area contributed by atoms with Gasteiger partial charge in [-0.25, -0.2) is 4.79 Å². The van der Waals surface area contributed by atoms with Gasteiger partial charge < -0.3 is 10.4 Å². The molecule has 0 aliphatic carbocycles. The number of likely N-dealkylation sites (N-methyl/N-ethyl adjacent to an activating group) is 1. The zero-order chi connectivity index (χ0) is 8.85. The van der Waals surface area contributed by atoms with Crippen molar-refractivity contribution in [2.24, 2.45) is 0 Å². The van der Waals surface area contributed by atoms with Crippen molar-refractivity contribution >= 4 is 23.6 Å². The first kappa shape index (κ1) is 10.0. The van der Waals surface area contributed by atoms with E-state index in [9.17, 15) is 9.59 Å². The van der Waals surface area contributed by atoms with Gasteiger partial charge in [0.1, 0.15) is 0 Å². The highest BCUT2D eigenvalue weighted by Crippen LogP contribution is 2.10. The molecule has 0 atom stereocenters. The largest absolute Gasteiger partial charge is 0.477 e. The number of carboxylic acid groups (broad SMARTS) is 1. The summed E-state index contributed by atoms with van der Waals surface area (Å²) in [7, 11) is 1.44. The molecule has 0 unspecified atom stereocenters. The molecule has 0 saturated carbocycles. The van der Waals surface area contributed by atoms with Crippen LogP contribution in [0.4, 0.5) is 0 Å². The maximum atomic E-state index is 10.6. The number of hydrogen-bond acceptors (Lipinski definition) is 3. The van der Waals surface area contributed by atoms with Gasteiger partial charge in [0, 0.05) is 13.1 Å². The number of aliphatic carboxylic acids is 1. The van der Waals surface area contributed by atoms with E-state index >= 15 is 0 Å². The highest BCUT2D eigenvalue weighted by atomic mass is 32.2. The van der Waals surface area contributed by atoms with Gasteiger partial charge in [-0.2, -0.15) is 0 Å². The lowest BCUT2D eigenvalue weighted by Crippen LogP contribution is -2.16. The first-order chi connectivity index (χ1) is 5.11. The van der Waals surface area contributed by atoms with Crippen LogP contribution in [-0.2, 0) is 9.59 Å². The van der Waals surface area contributed by atoms with Crippen LogP contribution < -0.4 is 5.32 Å². The molecule has 0 rings (SSSR count). The molecule has 5 heteroatoms. The number of carboxylic acids is 1. The Bertz CT molecular complexity index is 200. The lowest BCUT2D eigenvalue weighted by molar-refractivity contribution is -0.132. The molecule has 0 aromatic heterocycles. The number of carbonyl (C=O) groups excluding carboxylic acids is 1. The fourth-order valence-electron chi connectivity index (χ4n) is 0.399. The van der Waals surface area contributed by atoms with Crippen LogP contribution in [0.3, 0.4) is 0 Å². The van der Waals surface area contributed by atoms with Gasteiger partial charge in [0.15, 0.2) is 0 Å². The van der Waals surface area contributed by atoms with Crippen molar-refractivity contribution in [3.63, 3.8) is 0 Å². The second-order valence-electron chi connectivity index (χ2n) is 1.63. The van der Waals surface area contributed by atoms with Gasteiger partial charge in [-0.1, -0.05) is 0 Å². The van der Waals surface area contributed by atoms with Gasteiger partial charge in [-0.05, 0) is 6.26 Å². The Morgan fingerprint density at radius 2 is 2.09 bits per heavy atom. The van der Waals surface area contributed by atoms with Crippen molar-refractivity contribution in [3.05, 3.63) is 11.0 Å². The van der Waals surface area contributed by atoms with Crippen LogP contribution in [0.25, 0.3) is 0 Å². The summed E-state index contributed by atoms with van der Waals surface area (Å²) in [6.07, 6.45) is 2.65. The zero-order valence-electron chi connectivity index (χ0n) is 6.25. The predicted molar refractivity (Wildman–Crippen MR) is 43.3 cm³/mol. The molecule has 0 aliphatic rings. The Balaban J connectivity index is 4.35. The van der Waals surface area contributed by atoms with E-state index in [4.69, 9.17) is 5.11 Å². The number of rotatable bonds is 3. The van der Waals surface area contributed by atoms with E-state index in [-0.39, 0.29) is 4.91 Å². The molecule has 1 amide bonds. The van der Waals surface area contributed by atoms with E-state index in [1.807, 2.05) is 0 Å². The summed E-state index contributed by atoms with van der Waals surface area (Å²) in [5.41, 5.74) is 0. The molecule has 0 aromatic carbocycles. The van der Waals surface area contributed by atoms with Crippen molar-refractivity contribution < 1.29 is 14.7 Å². The van der Waals surface area contributed by atoms with Gasteiger partial charge in [-0.15, -0.1) is 11.8 Å². The highest BCUT2D eigenvalue weighted by Gasteiger charge is 2.06. The van der Waals surface area contributed by atoms with E-state index in [1.54, 1.807) is 6.26 Å². The maximum absolute atomic E-state index is 10.6. The number of carbonyl (C=O) groups is 2. The molecule has 0 heterocycles. The Kier molecular flexibility index (Phi) is 4.36. The SMILES string of the molecule is CNC(=O)/C=C(/SC)C(=O)O. The Morgan fingerprint density at radius 1 is 1.55 bits per heavy atom. The molecule has 0 bridgehead atoms. The second-order valence-corrected chi connectivity index (χ2v) is 2.48. The fourth-order valence-corrected chi connectivity index (χ4v) is 0.799. The normalized spacial score (nSPS) is 10.9. The van der Waals surface area contributed by atoms with Crippen LogP contribution in [0.2, 0.25) is 0 Å². The molecule has 4 nitrogen and oxygen atoms in total. The van der Waals surface area contributed by atoms with Crippen molar-refractivity contribution in [2.45, 2.75) is 0 Å². The van der Waals surface area contributed by atoms with Crippen molar-refractivity contribution in [1.82, 2.24) is 5.32 Å². The number of thioether (sulfide) groups is 1. The Labute approximate surface area is 68.7 Å². The first-order valence-electron chi connectivity index (χ1n) is 2.82. The van der Waals surface area contributed by atoms with Crippen LogP contribution >= 0.6 is 11.8 Å². The van der Waals surface area contributed by atoms with E-state index in [2.05, 4.69) is 5.32 Å². The van der Waals surface area contributed by atoms with Crippen LogP contribution in [-0.4, -0.2) is 30.3 Å². The molecule has 2 N–H and O–H groups in total. The third kappa shape index (κ3) is 3.67. The van der Waals surface area contributed by atoms with Crippen molar-refractivity contribution in [1.29, 1.82) is 0 Å². The lowest BCUT2D eigenvalue weighted by Gasteiger charge is -1.95. The van der Waals surface area contributed by atoms with Crippen LogP contribution in [0, 0.1) is 0 Å². The molecule has 11 heavy (non-hydrogen) atoms. The van der Waals surface area contributed by atoms with Crippen molar-refractivity contribution in [3.8, 4) is 0 Å². The number of hydrogen-bond donors (Lipinski definition) is 2. The monoisotopic (exact) mass is 175 g/mol. The second kappa shape index (κ2) is 4.79. The highest BCUT2D eigenvalue weighted by molar-refractivity contribution is 8.03. The Hall–Kier alpha value is -0.970. The van der Waals surface area contributed by atoms with Crippen molar-refractivity contribution in [2.75, 3.05) is 13.3 Å². The quantitative estimate of drug-likeness (QED) is 0.595. The third-order valence-electron chi connectivity index (χ3n) is 0.939. The molecule has 0 spiro atoms. The van der Waals surface area contributed by atoms with Crippen LogP contribution in [0.15, 0.2) is 11.0 Å². The molecular weight excluding hydrogens is 166 g/mol. The van der Waals surface area contributed by atoms with Gasteiger partial charge in [-0.3, -0.25) is 4.79 Å². The van der Waals surface area contributed by atoms with Gasteiger partial charge in [0.05, 0.1) is 4.91 Å². The summed E-state index contributed by atoms with van der Waals surface area (Å²) >= 11 is 1.02. The van der Waals surface area contributed by atoms with Crippen LogP contribution in [0.5, 0.6) is 0 Å². The molecular formula is C6H9NO3S. The summed E-state index contributed by atoms with van der Waals surface area (Å²) < 4.78 is 0. The summed E-state index contributed by atoms with van der Waals surface area (Å²) in [6.45, 7) is 0. The first-order valence-corrected chi connectivity index (χ1v) is 4.05. The van der Waals surface area contributed by atoms with Gasteiger partial charge >= 0.3 is 5.97 Å². The average molecular weight is 175 g/mol. The van der Waals surface area contributed by atoms with E-state index in [1.165, 1.54) is 7.05 Å². The number of nitrogens with one attached hydrogen (secondary N) is 1. The Morgan fingerprint density at radius 3 is 2.36 bits per heavy atom. The third-order valence-corrected chi connectivity index (χ3v) is 1.67. The standard InChI is InChI=1S/C6H9NO3S/c1-7-5(8)3-4(11-2)6(9)10/h3H,1-2H3,(H,7,8)(H,9,10)/b4-3+. The van der Waals surface area contributed by atoms with E-state index < -0.39 is 11.9 Å². The number of amides is 1. The average Bonchev–Trinajstić information content (AvgIpc) is 1.99. The molecule has 62 valence electrons. The molecule has 0 radical (unpaired) electrons. The predicted octanol–water partition coefficient (Wildman–Crippen LogP) is 0.0639. The fraction of sp³-hybridized carbons (Fsp3) is 0.333. The smallest absolute Gasteiger partial charge is 0.342 e. The summed E-state index contributed by atoms with van der Waals surface area (Å²) in [5.74, 6) is -1.49.